The number of hydrogen-bond acceptors (Lipinski definition) is 6. The predicted octanol–water partition coefficient (Wildman–Crippen LogP) is 14.7. The number of pyridine rings is 2. The van der Waals surface area contributed by atoms with Crippen molar-refractivity contribution in [2.45, 2.75) is 0 Å². The highest BCUT2D eigenvalue weighted by Crippen LogP contribution is 2.50. The van der Waals surface area contributed by atoms with Gasteiger partial charge < -0.3 is 18.6 Å². The van der Waals surface area contributed by atoms with Crippen molar-refractivity contribution in [3.05, 3.63) is 194 Å². The Hall–Kier alpha value is -7.96. The van der Waals surface area contributed by atoms with Gasteiger partial charge in [-0.3, -0.25) is 0 Å². The Morgan fingerprint density at radius 2 is 0.672 bits per heavy atom. The van der Waals surface area contributed by atoms with Crippen LogP contribution in [-0.4, -0.2) is 9.97 Å². The van der Waals surface area contributed by atoms with Crippen molar-refractivity contribution in [3.63, 3.8) is 0 Å². The van der Waals surface area contributed by atoms with Crippen molar-refractivity contribution in [3.8, 4) is 0 Å². The number of furan rings is 2. The van der Waals surface area contributed by atoms with Crippen molar-refractivity contribution in [2.75, 3.05) is 9.80 Å². The van der Waals surface area contributed by atoms with Crippen LogP contribution in [0.4, 0.5) is 34.1 Å². The fourth-order valence-electron chi connectivity index (χ4n) is 8.84. The summed E-state index contributed by atoms with van der Waals surface area (Å²) >= 11 is 0. The lowest BCUT2D eigenvalue weighted by Gasteiger charge is -2.29. The number of nitrogens with zero attached hydrogens (tertiary/aromatic N) is 4. The fraction of sp³-hybridized carbons (Fsp3) is 0. The lowest BCUT2D eigenvalue weighted by atomic mass is 9.93. The second-order valence-electron chi connectivity index (χ2n) is 14.5. The Kier molecular flexibility index (Phi) is 7.13. The molecule has 0 saturated carbocycles. The molecule has 0 fully saturated rings. The molecular weight excluding hydrogens is 713 g/mol. The van der Waals surface area contributed by atoms with Crippen molar-refractivity contribution in [1.82, 2.24) is 9.97 Å². The molecule has 4 heterocycles. The van der Waals surface area contributed by atoms with Crippen LogP contribution in [0, 0.1) is 0 Å². The summed E-state index contributed by atoms with van der Waals surface area (Å²) in [4.78, 5) is 13.8. The summed E-state index contributed by atoms with van der Waals surface area (Å²) in [5, 5.41) is 10.8. The molecule has 0 bridgehead atoms. The van der Waals surface area contributed by atoms with E-state index in [-0.39, 0.29) is 0 Å². The molecule has 6 nitrogen and oxygen atoms in total. The summed E-state index contributed by atoms with van der Waals surface area (Å²) in [6.07, 6.45) is 3.56. The van der Waals surface area contributed by atoms with E-state index < -0.39 is 0 Å². The molecule has 0 amide bonds. The molecule has 58 heavy (non-hydrogen) atoms. The predicted molar refractivity (Wildman–Crippen MR) is 238 cm³/mol. The highest BCUT2D eigenvalue weighted by atomic mass is 16.3. The van der Waals surface area contributed by atoms with E-state index >= 15 is 0 Å². The van der Waals surface area contributed by atoms with E-state index in [4.69, 9.17) is 8.83 Å². The Labute approximate surface area is 332 Å². The molecule has 272 valence electrons. The van der Waals surface area contributed by atoms with Crippen LogP contribution in [0.1, 0.15) is 0 Å². The maximum absolute atomic E-state index is 6.58. The van der Waals surface area contributed by atoms with Gasteiger partial charge in [0.25, 0.3) is 0 Å². The van der Waals surface area contributed by atoms with Gasteiger partial charge >= 0.3 is 0 Å². The molecule has 0 radical (unpaired) electrons. The van der Waals surface area contributed by atoms with E-state index in [1.54, 1.807) is 12.4 Å². The Morgan fingerprint density at radius 3 is 1.12 bits per heavy atom. The molecule has 0 N–H and O–H groups in total. The number of anilines is 6. The van der Waals surface area contributed by atoms with Gasteiger partial charge in [0.15, 0.2) is 11.2 Å². The molecule has 0 aliphatic carbocycles. The number of benzene rings is 8. The number of aromatic nitrogens is 2. The smallest absolute Gasteiger partial charge is 0.227 e. The molecule has 8 aromatic carbocycles. The van der Waals surface area contributed by atoms with Gasteiger partial charge in [0.2, 0.25) is 11.4 Å². The SMILES string of the molecule is c1ccc(N(c2cc3c4ccccc4c(N(c4ccccc4)c4cccc5c4oc4ncccc45)cc3c3ccccc23)c2cccc3c2oc2ncccc23)cc1. The maximum Gasteiger partial charge on any atom is 0.227 e. The summed E-state index contributed by atoms with van der Waals surface area (Å²) in [5.41, 5.74) is 8.85. The largest absolute Gasteiger partial charge is 0.435 e. The monoisotopic (exact) mass is 744 g/mol. The average Bonchev–Trinajstić information content (AvgIpc) is 3.87. The molecule has 6 heteroatoms. The fourth-order valence-corrected chi connectivity index (χ4v) is 8.84. The lowest BCUT2D eigenvalue weighted by molar-refractivity contribution is 0.654. The summed E-state index contributed by atoms with van der Waals surface area (Å²) < 4.78 is 13.2. The zero-order chi connectivity index (χ0) is 38.2. The van der Waals surface area contributed by atoms with Gasteiger partial charge in [-0.1, -0.05) is 109 Å². The van der Waals surface area contributed by atoms with E-state index in [2.05, 4.69) is 190 Å². The first kappa shape index (κ1) is 32.3. The minimum absolute atomic E-state index is 0.623. The van der Waals surface area contributed by atoms with Crippen molar-refractivity contribution in [1.29, 1.82) is 0 Å². The molecule has 0 aliphatic heterocycles. The van der Waals surface area contributed by atoms with Crippen LogP contribution in [0.15, 0.2) is 203 Å². The normalized spacial score (nSPS) is 11.8. The van der Waals surface area contributed by atoms with Gasteiger partial charge in [-0.05, 0) is 94.3 Å². The number of rotatable bonds is 6. The van der Waals surface area contributed by atoms with Crippen LogP contribution in [0.2, 0.25) is 0 Å². The van der Waals surface area contributed by atoms with E-state index in [1.807, 2.05) is 12.1 Å². The number of fused-ring (bicyclic) bond motifs is 11. The molecule has 0 aliphatic rings. The molecule has 0 saturated heterocycles. The van der Waals surface area contributed by atoms with Crippen molar-refractivity contribution in [2.24, 2.45) is 0 Å². The molecule has 0 unspecified atom stereocenters. The van der Waals surface area contributed by atoms with Crippen molar-refractivity contribution < 1.29 is 8.83 Å². The van der Waals surface area contributed by atoms with Gasteiger partial charge in [0.05, 0.1) is 22.7 Å². The van der Waals surface area contributed by atoms with Crippen molar-refractivity contribution >= 4 is 111 Å². The third kappa shape index (κ3) is 4.85. The topological polar surface area (TPSA) is 58.5 Å². The van der Waals surface area contributed by atoms with Gasteiger partial charge in [-0.2, -0.15) is 0 Å². The van der Waals surface area contributed by atoms with Crippen LogP contribution in [0.25, 0.3) is 76.5 Å². The third-order valence-electron chi connectivity index (χ3n) is 11.3. The molecular formula is C52H32N4O2. The van der Waals surface area contributed by atoms with Gasteiger partial charge in [0.1, 0.15) is 0 Å². The molecule has 0 spiro atoms. The minimum Gasteiger partial charge on any atom is -0.435 e. The number of para-hydroxylation sites is 4. The average molecular weight is 745 g/mol. The summed E-state index contributed by atoms with van der Waals surface area (Å²) in [6, 6.07) is 64.1. The molecule has 4 aromatic heterocycles. The molecule has 12 rings (SSSR count). The standard InChI is InChI=1S/C52H32N4O2/c1-3-15-33(16-4-1)55(45-27-11-23-39-41-25-13-29-53-51(41)57-49(39)45)47-31-43-36-20-8-10-22-38(36)48(32-44(43)35-19-7-9-21-37(35)47)56(34-17-5-2-6-18-34)46-28-12-24-40-42-26-14-30-54-52(42)58-50(40)46/h1-32H. The van der Waals surface area contributed by atoms with E-state index in [0.29, 0.717) is 11.4 Å². The summed E-state index contributed by atoms with van der Waals surface area (Å²) in [7, 11) is 0. The highest BCUT2D eigenvalue weighted by molar-refractivity contribution is 6.25. The second-order valence-corrected chi connectivity index (χ2v) is 14.5. The Bertz CT molecular complexity index is 3300. The lowest BCUT2D eigenvalue weighted by Crippen LogP contribution is -2.12. The molecule has 12 aromatic rings. The third-order valence-corrected chi connectivity index (χ3v) is 11.3. The zero-order valence-electron chi connectivity index (χ0n) is 31.1. The van der Waals surface area contributed by atoms with E-state index in [0.717, 1.165) is 99.2 Å². The van der Waals surface area contributed by atoms with Crippen LogP contribution in [0.3, 0.4) is 0 Å². The maximum atomic E-state index is 6.58. The van der Waals surface area contributed by atoms with E-state index in [9.17, 15) is 0 Å². The first-order valence-corrected chi connectivity index (χ1v) is 19.4. The van der Waals surface area contributed by atoms with Gasteiger partial charge in [-0.25, -0.2) is 9.97 Å². The van der Waals surface area contributed by atoms with Crippen LogP contribution in [-0.2, 0) is 0 Å². The summed E-state index contributed by atoms with van der Waals surface area (Å²) in [6.45, 7) is 0. The van der Waals surface area contributed by atoms with Crippen LogP contribution < -0.4 is 9.80 Å². The van der Waals surface area contributed by atoms with Crippen LogP contribution in [0.5, 0.6) is 0 Å². The number of hydrogen-bond donors (Lipinski definition) is 0. The van der Waals surface area contributed by atoms with E-state index in [1.165, 1.54) is 0 Å². The minimum atomic E-state index is 0.623. The second kappa shape index (κ2) is 12.8. The quantitative estimate of drug-likeness (QED) is 0.158. The van der Waals surface area contributed by atoms with Gasteiger partial charge in [0, 0.05) is 56.1 Å². The summed E-state index contributed by atoms with van der Waals surface area (Å²) in [5.74, 6) is 0. The molecule has 0 atom stereocenters. The first-order chi connectivity index (χ1) is 28.8. The van der Waals surface area contributed by atoms with Gasteiger partial charge in [-0.15, -0.1) is 0 Å². The zero-order valence-corrected chi connectivity index (χ0v) is 31.1. The highest BCUT2D eigenvalue weighted by Gasteiger charge is 2.25. The van der Waals surface area contributed by atoms with Crippen LogP contribution >= 0.6 is 0 Å². The first-order valence-electron chi connectivity index (χ1n) is 19.4. The Balaban J connectivity index is 1.17. The Morgan fingerprint density at radius 1 is 0.293 bits per heavy atom.